The second-order valence-corrected chi connectivity index (χ2v) is 7.48. The van der Waals surface area contributed by atoms with Crippen molar-refractivity contribution in [3.8, 4) is 5.75 Å². The molecule has 2 aliphatic heterocycles. The number of fused-ring (bicyclic) bond motifs is 2. The summed E-state index contributed by atoms with van der Waals surface area (Å²) in [5.74, 6) is 0.645. The molecule has 0 N–H and O–H groups in total. The van der Waals surface area contributed by atoms with Crippen molar-refractivity contribution in [1.82, 2.24) is 4.90 Å². The SMILES string of the molecule is COC(=O)Cc1ccc2c(c1)/C(=C/CCN1CCCC1)c1ccccc1CO2. The van der Waals surface area contributed by atoms with Crippen LogP contribution in [0.5, 0.6) is 5.75 Å². The van der Waals surface area contributed by atoms with Crippen molar-refractivity contribution < 1.29 is 14.3 Å². The van der Waals surface area contributed by atoms with Crippen LogP contribution in [0, 0.1) is 0 Å². The highest BCUT2D eigenvalue weighted by Crippen LogP contribution is 2.37. The monoisotopic (exact) mass is 377 g/mol. The molecule has 4 rings (SSSR count). The van der Waals surface area contributed by atoms with Gasteiger partial charge in [0.1, 0.15) is 12.4 Å². The zero-order chi connectivity index (χ0) is 19.3. The molecule has 0 amide bonds. The number of hydrogen-bond acceptors (Lipinski definition) is 4. The van der Waals surface area contributed by atoms with Crippen LogP contribution in [0.1, 0.15) is 41.5 Å². The van der Waals surface area contributed by atoms with E-state index >= 15 is 0 Å². The van der Waals surface area contributed by atoms with Gasteiger partial charge >= 0.3 is 5.97 Å². The first-order valence-corrected chi connectivity index (χ1v) is 10.1. The normalized spacial score (nSPS) is 17.5. The summed E-state index contributed by atoms with van der Waals surface area (Å²) in [6.45, 7) is 4.07. The number of hydrogen-bond donors (Lipinski definition) is 0. The topological polar surface area (TPSA) is 38.8 Å². The molecule has 2 aromatic carbocycles. The van der Waals surface area contributed by atoms with Crippen molar-refractivity contribution in [3.63, 3.8) is 0 Å². The number of rotatable bonds is 5. The fourth-order valence-electron chi connectivity index (χ4n) is 4.09. The van der Waals surface area contributed by atoms with E-state index in [1.165, 1.54) is 49.7 Å². The minimum absolute atomic E-state index is 0.227. The minimum atomic E-state index is -0.227. The average molecular weight is 377 g/mol. The molecule has 0 spiro atoms. The molecule has 4 heteroatoms. The van der Waals surface area contributed by atoms with Crippen LogP contribution in [0.25, 0.3) is 5.57 Å². The number of carbonyl (C=O) groups is 1. The first-order chi connectivity index (χ1) is 13.7. The lowest BCUT2D eigenvalue weighted by Crippen LogP contribution is -2.19. The van der Waals surface area contributed by atoms with Gasteiger partial charge in [-0.05, 0) is 66.7 Å². The minimum Gasteiger partial charge on any atom is -0.488 e. The molecular formula is C24H27NO3. The summed E-state index contributed by atoms with van der Waals surface area (Å²) in [5, 5.41) is 0. The van der Waals surface area contributed by atoms with E-state index in [-0.39, 0.29) is 12.4 Å². The van der Waals surface area contributed by atoms with E-state index in [1.54, 1.807) is 0 Å². The first-order valence-electron chi connectivity index (χ1n) is 10.1. The fourth-order valence-corrected chi connectivity index (χ4v) is 4.09. The summed E-state index contributed by atoms with van der Waals surface area (Å²) in [4.78, 5) is 14.3. The van der Waals surface area contributed by atoms with Crippen LogP contribution in [-0.4, -0.2) is 37.6 Å². The molecule has 4 nitrogen and oxygen atoms in total. The van der Waals surface area contributed by atoms with Crippen LogP contribution < -0.4 is 4.74 Å². The van der Waals surface area contributed by atoms with Gasteiger partial charge in [0.25, 0.3) is 0 Å². The van der Waals surface area contributed by atoms with Crippen molar-refractivity contribution >= 4 is 11.5 Å². The predicted molar refractivity (Wildman–Crippen MR) is 110 cm³/mol. The number of ether oxygens (including phenoxy) is 2. The highest BCUT2D eigenvalue weighted by molar-refractivity contribution is 5.85. The molecule has 0 aliphatic carbocycles. The van der Waals surface area contributed by atoms with E-state index < -0.39 is 0 Å². The Morgan fingerprint density at radius 3 is 2.79 bits per heavy atom. The van der Waals surface area contributed by atoms with Crippen LogP contribution >= 0.6 is 0 Å². The Morgan fingerprint density at radius 1 is 1.14 bits per heavy atom. The molecule has 0 atom stereocenters. The summed E-state index contributed by atoms with van der Waals surface area (Å²) in [7, 11) is 1.43. The van der Waals surface area contributed by atoms with Crippen LogP contribution in [-0.2, 0) is 22.6 Å². The van der Waals surface area contributed by atoms with Gasteiger partial charge in [-0.3, -0.25) is 4.79 Å². The molecule has 0 saturated carbocycles. The van der Waals surface area contributed by atoms with Gasteiger partial charge in [0.2, 0.25) is 0 Å². The zero-order valence-electron chi connectivity index (χ0n) is 16.4. The molecular weight excluding hydrogens is 350 g/mol. The molecule has 1 saturated heterocycles. The standard InChI is InChI=1S/C24H27NO3/c1-27-24(26)16-18-10-11-23-22(15-18)21(9-6-14-25-12-4-5-13-25)20-8-3-2-7-19(20)17-28-23/h2-3,7-11,15H,4-6,12-14,16-17H2,1H3/b21-9+. The Bertz CT molecular complexity index is 881. The molecule has 2 heterocycles. The van der Waals surface area contributed by atoms with Crippen LogP contribution in [0.15, 0.2) is 48.5 Å². The lowest BCUT2D eigenvalue weighted by Gasteiger charge is -2.15. The van der Waals surface area contributed by atoms with Gasteiger partial charge in [0.05, 0.1) is 13.5 Å². The lowest BCUT2D eigenvalue weighted by atomic mass is 9.92. The maximum atomic E-state index is 11.7. The number of likely N-dealkylation sites (tertiary alicyclic amines) is 1. The Morgan fingerprint density at radius 2 is 1.96 bits per heavy atom. The zero-order valence-corrected chi connectivity index (χ0v) is 16.4. The third-order valence-electron chi connectivity index (χ3n) is 5.59. The fraction of sp³-hybridized carbons (Fsp3) is 0.375. The largest absolute Gasteiger partial charge is 0.488 e. The van der Waals surface area contributed by atoms with E-state index in [4.69, 9.17) is 9.47 Å². The second kappa shape index (κ2) is 8.61. The third-order valence-corrected chi connectivity index (χ3v) is 5.59. The van der Waals surface area contributed by atoms with Gasteiger partial charge in [-0.2, -0.15) is 0 Å². The van der Waals surface area contributed by atoms with E-state index in [2.05, 4.69) is 41.3 Å². The summed E-state index contributed by atoms with van der Waals surface area (Å²) in [6, 6.07) is 14.4. The summed E-state index contributed by atoms with van der Waals surface area (Å²) in [6.07, 6.45) is 6.24. The number of benzene rings is 2. The Hall–Kier alpha value is -2.59. The van der Waals surface area contributed by atoms with E-state index in [0.717, 1.165) is 29.8 Å². The van der Waals surface area contributed by atoms with Gasteiger partial charge in [-0.15, -0.1) is 0 Å². The molecule has 28 heavy (non-hydrogen) atoms. The van der Waals surface area contributed by atoms with E-state index in [1.807, 2.05) is 12.1 Å². The molecule has 0 aromatic heterocycles. The number of methoxy groups -OCH3 is 1. The van der Waals surface area contributed by atoms with Crippen molar-refractivity contribution in [2.75, 3.05) is 26.7 Å². The van der Waals surface area contributed by atoms with E-state index in [0.29, 0.717) is 6.61 Å². The molecule has 146 valence electrons. The van der Waals surface area contributed by atoms with Crippen molar-refractivity contribution in [2.45, 2.75) is 32.3 Å². The molecule has 1 fully saturated rings. The smallest absolute Gasteiger partial charge is 0.309 e. The van der Waals surface area contributed by atoms with Gasteiger partial charge in [-0.1, -0.05) is 36.4 Å². The van der Waals surface area contributed by atoms with E-state index in [9.17, 15) is 4.79 Å². The van der Waals surface area contributed by atoms with Crippen molar-refractivity contribution in [3.05, 3.63) is 70.8 Å². The number of carbonyl (C=O) groups excluding carboxylic acids is 1. The quantitative estimate of drug-likeness (QED) is 0.732. The lowest BCUT2D eigenvalue weighted by molar-refractivity contribution is -0.139. The number of nitrogens with zero attached hydrogens (tertiary/aromatic N) is 1. The molecule has 0 unspecified atom stereocenters. The molecule has 2 aromatic rings. The predicted octanol–water partition coefficient (Wildman–Crippen LogP) is 4.21. The Balaban J connectivity index is 1.69. The average Bonchev–Trinajstić information content (AvgIpc) is 3.19. The van der Waals surface area contributed by atoms with Gasteiger partial charge in [0.15, 0.2) is 0 Å². The van der Waals surface area contributed by atoms with Gasteiger partial charge in [-0.25, -0.2) is 0 Å². The Kier molecular flexibility index (Phi) is 5.77. The summed E-state index contributed by atoms with van der Waals surface area (Å²) in [5.41, 5.74) is 5.62. The second-order valence-electron chi connectivity index (χ2n) is 7.48. The van der Waals surface area contributed by atoms with Crippen LogP contribution in [0.2, 0.25) is 0 Å². The summed E-state index contributed by atoms with van der Waals surface area (Å²) >= 11 is 0. The molecule has 0 radical (unpaired) electrons. The molecule has 2 aliphatic rings. The Labute approximate surface area is 166 Å². The number of esters is 1. The maximum absolute atomic E-state index is 11.7. The first kappa shape index (κ1) is 18.8. The maximum Gasteiger partial charge on any atom is 0.309 e. The van der Waals surface area contributed by atoms with Gasteiger partial charge in [0, 0.05) is 12.1 Å². The van der Waals surface area contributed by atoms with Crippen LogP contribution in [0.4, 0.5) is 0 Å². The molecule has 0 bridgehead atoms. The van der Waals surface area contributed by atoms with Crippen molar-refractivity contribution in [2.24, 2.45) is 0 Å². The van der Waals surface area contributed by atoms with Gasteiger partial charge < -0.3 is 14.4 Å². The van der Waals surface area contributed by atoms with Crippen LogP contribution in [0.3, 0.4) is 0 Å². The highest BCUT2D eigenvalue weighted by atomic mass is 16.5. The summed E-state index contributed by atoms with van der Waals surface area (Å²) < 4.78 is 10.9. The third kappa shape index (κ3) is 4.12. The highest BCUT2D eigenvalue weighted by Gasteiger charge is 2.20. The van der Waals surface area contributed by atoms with Crippen molar-refractivity contribution in [1.29, 1.82) is 0 Å².